The molecule has 0 bridgehead atoms. The molecule has 9 nitrogen and oxygen atoms in total. The molecule has 0 aliphatic carbocycles. The first kappa shape index (κ1) is 27.3. The van der Waals surface area contributed by atoms with Gasteiger partial charge >= 0.3 is 5.97 Å². The molecule has 0 radical (unpaired) electrons. The minimum atomic E-state index is -3.74. The molecule has 2 aliphatic rings. The fourth-order valence-electron chi connectivity index (χ4n) is 5.29. The number of likely N-dealkylation sites (N-methyl/N-ethyl adjacent to an activating group) is 1. The molecule has 0 spiro atoms. The largest absolute Gasteiger partial charge is 0.465 e. The van der Waals surface area contributed by atoms with Crippen molar-refractivity contribution in [1.82, 2.24) is 9.88 Å². The maximum atomic E-state index is 13.0. The average molecular weight is 531 g/mol. The van der Waals surface area contributed by atoms with Crippen molar-refractivity contribution >= 4 is 27.3 Å². The molecule has 37 heavy (non-hydrogen) atoms. The zero-order valence-corrected chi connectivity index (χ0v) is 23.1. The molecule has 0 saturated carbocycles. The molecule has 2 aliphatic heterocycles. The molecule has 2 aromatic rings. The lowest BCUT2D eigenvalue weighted by Gasteiger charge is -2.36. The molecule has 1 aromatic carbocycles. The van der Waals surface area contributed by atoms with E-state index in [-0.39, 0.29) is 16.5 Å². The van der Waals surface area contributed by atoms with Crippen LogP contribution in [0.25, 0.3) is 11.1 Å². The van der Waals surface area contributed by atoms with Gasteiger partial charge in [-0.3, -0.25) is 0 Å². The summed E-state index contributed by atoms with van der Waals surface area (Å²) in [6.45, 7) is 7.76. The van der Waals surface area contributed by atoms with E-state index in [1.165, 1.54) is 7.11 Å². The van der Waals surface area contributed by atoms with Gasteiger partial charge in [0.25, 0.3) is 0 Å². The lowest BCUT2D eigenvalue weighted by molar-refractivity contribution is 0.0596. The van der Waals surface area contributed by atoms with Crippen molar-refractivity contribution in [2.45, 2.75) is 37.1 Å². The van der Waals surface area contributed by atoms with Gasteiger partial charge in [-0.25, -0.2) is 18.2 Å². The first-order valence-electron chi connectivity index (χ1n) is 12.9. The first-order valence-corrected chi connectivity index (χ1v) is 14.8. The summed E-state index contributed by atoms with van der Waals surface area (Å²) >= 11 is 0. The predicted octanol–water partition coefficient (Wildman–Crippen LogP) is 3.09. The Morgan fingerprint density at radius 3 is 2.51 bits per heavy atom. The summed E-state index contributed by atoms with van der Waals surface area (Å²) in [5.74, 6) is 0.238. The van der Waals surface area contributed by atoms with Crippen LogP contribution in [0.4, 0.5) is 11.5 Å². The number of aromatic nitrogens is 1. The fourth-order valence-corrected chi connectivity index (χ4v) is 6.38. The highest BCUT2D eigenvalue weighted by Crippen LogP contribution is 2.37. The van der Waals surface area contributed by atoms with Crippen molar-refractivity contribution in [3.05, 3.63) is 36.0 Å². The van der Waals surface area contributed by atoms with Crippen LogP contribution in [0, 0.1) is 0 Å². The van der Waals surface area contributed by atoms with Gasteiger partial charge in [-0.1, -0.05) is 0 Å². The Morgan fingerprint density at radius 1 is 1.14 bits per heavy atom. The topological polar surface area (TPSA) is 92.3 Å². The molecule has 2 fully saturated rings. The molecular weight excluding hydrogens is 492 g/mol. The number of sulfone groups is 1. The van der Waals surface area contributed by atoms with Crippen molar-refractivity contribution in [1.29, 1.82) is 0 Å². The van der Waals surface area contributed by atoms with E-state index in [0.29, 0.717) is 25.4 Å². The van der Waals surface area contributed by atoms with Crippen LogP contribution in [-0.2, 0) is 19.3 Å². The maximum absolute atomic E-state index is 13.0. The Kier molecular flexibility index (Phi) is 8.71. The Hall–Kier alpha value is -2.69. The van der Waals surface area contributed by atoms with Gasteiger partial charge in [0.2, 0.25) is 0 Å². The second kappa shape index (κ2) is 11.8. The van der Waals surface area contributed by atoms with Crippen LogP contribution in [0.3, 0.4) is 0 Å². The number of rotatable bonds is 7. The predicted molar refractivity (Wildman–Crippen MR) is 145 cm³/mol. The minimum Gasteiger partial charge on any atom is -0.465 e. The van der Waals surface area contributed by atoms with Crippen molar-refractivity contribution in [2.75, 3.05) is 76.2 Å². The summed E-state index contributed by atoms with van der Waals surface area (Å²) in [5, 5.41) is 0. The number of esters is 1. The highest BCUT2D eigenvalue weighted by molar-refractivity contribution is 7.91. The number of hydrogen-bond donors (Lipinski definition) is 0. The quantitative estimate of drug-likeness (QED) is 0.501. The van der Waals surface area contributed by atoms with E-state index in [1.54, 1.807) is 12.3 Å². The van der Waals surface area contributed by atoms with Crippen LogP contribution in [0.1, 0.15) is 36.5 Å². The SMILES string of the molecule is CCN(c1cc(-c2ccc(N3CCCN(C)CC3)nc2)cc(C(=O)OC)c1S(C)(=O)=O)C1CCOCC1. The van der Waals surface area contributed by atoms with E-state index in [0.717, 1.165) is 68.6 Å². The molecule has 202 valence electrons. The molecule has 0 N–H and O–H groups in total. The van der Waals surface area contributed by atoms with Gasteiger partial charge in [-0.05, 0) is 69.6 Å². The maximum Gasteiger partial charge on any atom is 0.339 e. The van der Waals surface area contributed by atoms with Crippen LogP contribution >= 0.6 is 0 Å². The van der Waals surface area contributed by atoms with Crippen LogP contribution in [0.2, 0.25) is 0 Å². The Labute approximate surface area is 220 Å². The zero-order valence-electron chi connectivity index (χ0n) is 22.3. The van der Waals surface area contributed by atoms with Crippen molar-refractivity contribution in [3.63, 3.8) is 0 Å². The second-order valence-corrected chi connectivity index (χ2v) is 11.8. The van der Waals surface area contributed by atoms with Crippen LogP contribution < -0.4 is 9.80 Å². The van der Waals surface area contributed by atoms with Crippen LogP contribution in [0.15, 0.2) is 35.4 Å². The van der Waals surface area contributed by atoms with Gasteiger partial charge in [-0.2, -0.15) is 0 Å². The first-order chi connectivity index (χ1) is 17.7. The summed E-state index contributed by atoms with van der Waals surface area (Å²) in [7, 11) is -0.336. The number of benzene rings is 1. The van der Waals surface area contributed by atoms with Gasteiger partial charge in [0.1, 0.15) is 10.7 Å². The third kappa shape index (κ3) is 6.25. The summed E-state index contributed by atoms with van der Waals surface area (Å²) in [6, 6.07) is 7.59. The number of hydrogen-bond acceptors (Lipinski definition) is 9. The number of anilines is 2. The molecule has 0 unspecified atom stereocenters. The van der Waals surface area contributed by atoms with Crippen molar-refractivity contribution in [3.8, 4) is 11.1 Å². The molecule has 0 atom stereocenters. The highest BCUT2D eigenvalue weighted by atomic mass is 32.2. The van der Waals surface area contributed by atoms with Crippen molar-refractivity contribution < 1.29 is 22.7 Å². The van der Waals surface area contributed by atoms with Gasteiger partial charge in [0.05, 0.1) is 18.4 Å². The van der Waals surface area contributed by atoms with Crippen LogP contribution in [-0.4, -0.2) is 96.7 Å². The molecule has 0 amide bonds. The molecular formula is C27H38N4O5S. The molecule has 2 saturated heterocycles. The molecule has 10 heteroatoms. The van der Waals surface area contributed by atoms with Crippen molar-refractivity contribution in [2.24, 2.45) is 0 Å². The molecule has 1 aromatic heterocycles. The summed E-state index contributed by atoms with van der Waals surface area (Å²) in [6.07, 6.45) is 5.60. The number of pyridine rings is 1. The van der Waals surface area contributed by atoms with E-state index in [4.69, 9.17) is 14.5 Å². The lowest BCUT2D eigenvalue weighted by Crippen LogP contribution is -2.40. The summed E-state index contributed by atoms with van der Waals surface area (Å²) in [5.41, 5.74) is 2.10. The van der Waals surface area contributed by atoms with Crippen LogP contribution in [0.5, 0.6) is 0 Å². The zero-order chi connectivity index (χ0) is 26.6. The monoisotopic (exact) mass is 530 g/mol. The Balaban J connectivity index is 1.79. The minimum absolute atomic E-state index is 0.00899. The van der Waals surface area contributed by atoms with Gasteiger partial charge in [0, 0.05) is 63.5 Å². The van der Waals surface area contributed by atoms with Gasteiger partial charge in [0.15, 0.2) is 9.84 Å². The second-order valence-electron chi connectivity index (χ2n) is 9.81. The third-order valence-electron chi connectivity index (χ3n) is 7.25. The van der Waals surface area contributed by atoms with E-state index in [1.807, 2.05) is 25.1 Å². The average Bonchev–Trinajstić information content (AvgIpc) is 3.12. The van der Waals surface area contributed by atoms with Gasteiger partial charge < -0.3 is 24.2 Å². The highest BCUT2D eigenvalue weighted by Gasteiger charge is 2.31. The normalized spacial score (nSPS) is 17.9. The molecule has 4 rings (SSSR count). The summed E-state index contributed by atoms with van der Waals surface area (Å²) in [4.78, 5) is 24.3. The summed E-state index contributed by atoms with van der Waals surface area (Å²) < 4.78 is 36.6. The van der Waals surface area contributed by atoms with E-state index in [9.17, 15) is 13.2 Å². The number of ether oxygens (including phenoxy) is 2. The number of carbonyl (C=O) groups excluding carboxylic acids is 1. The van der Waals surface area contributed by atoms with Gasteiger partial charge in [-0.15, -0.1) is 0 Å². The smallest absolute Gasteiger partial charge is 0.339 e. The fraction of sp³-hybridized carbons (Fsp3) is 0.556. The Morgan fingerprint density at radius 2 is 1.89 bits per heavy atom. The van der Waals surface area contributed by atoms with E-state index < -0.39 is 15.8 Å². The lowest BCUT2D eigenvalue weighted by atomic mass is 10.00. The number of nitrogens with zero attached hydrogens (tertiary/aromatic N) is 4. The Bertz CT molecular complexity index is 1200. The third-order valence-corrected chi connectivity index (χ3v) is 8.42. The molecule has 3 heterocycles. The number of carbonyl (C=O) groups is 1. The van der Waals surface area contributed by atoms with E-state index >= 15 is 0 Å². The number of methoxy groups -OCH3 is 1. The standard InChI is InChI=1S/C27H38N4O5S/c1-5-31(22-9-15-36-16-10-22)24-18-21(17-23(27(32)35-3)26(24)37(4,33)34)20-7-8-25(28-19-20)30-12-6-11-29(2)13-14-30/h7-8,17-19,22H,5-6,9-16H2,1-4H3. The van der Waals surface area contributed by atoms with E-state index in [2.05, 4.69) is 21.7 Å².